The summed E-state index contributed by atoms with van der Waals surface area (Å²) in [7, 11) is 3.15. The van der Waals surface area contributed by atoms with E-state index in [9.17, 15) is 4.79 Å². The van der Waals surface area contributed by atoms with E-state index in [-0.39, 0.29) is 5.91 Å². The molecule has 1 rings (SSSR count). The van der Waals surface area contributed by atoms with Crippen LogP contribution >= 0.6 is 0 Å². The fourth-order valence-electron chi connectivity index (χ4n) is 1.60. The highest BCUT2D eigenvalue weighted by Crippen LogP contribution is 2.25. The van der Waals surface area contributed by atoms with Crippen LogP contribution in [-0.2, 0) is 16.1 Å². The molecule has 20 heavy (non-hydrogen) atoms. The minimum Gasteiger partial charge on any atom is -0.497 e. The Morgan fingerprint density at radius 2 is 2.15 bits per heavy atom. The fraction of sp³-hybridized carbons (Fsp3) is 0.500. The Kier molecular flexibility index (Phi) is 6.83. The van der Waals surface area contributed by atoms with Crippen LogP contribution in [0.3, 0.4) is 0 Å². The Morgan fingerprint density at radius 1 is 1.40 bits per heavy atom. The van der Waals surface area contributed by atoms with Gasteiger partial charge in [-0.2, -0.15) is 0 Å². The van der Waals surface area contributed by atoms with E-state index in [1.54, 1.807) is 33.3 Å². The van der Waals surface area contributed by atoms with Crippen molar-refractivity contribution < 1.29 is 19.0 Å². The van der Waals surface area contributed by atoms with Crippen molar-refractivity contribution in [2.24, 2.45) is 5.73 Å². The Morgan fingerprint density at radius 3 is 2.75 bits per heavy atom. The van der Waals surface area contributed by atoms with Gasteiger partial charge in [0.2, 0.25) is 0 Å². The van der Waals surface area contributed by atoms with Crippen molar-refractivity contribution in [3.63, 3.8) is 0 Å². The quantitative estimate of drug-likeness (QED) is 0.685. The van der Waals surface area contributed by atoms with Crippen molar-refractivity contribution in [2.45, 2.75) is 19.6 Å². The number of methoxy groups -OCH3 is 2. The monoisotopic (exact) mass is 282 g/mol. The summed E-state index contributed by atoms with van der Waals surface area (Å²) < 4.78 is 15.7. The summed E-state index contributed by atoms with van der Waals surface area (Å²) >= 11 is 0. The first-order valence-electron chi connectivity index (χ1n) is 6.42. The third-order valence-electron chi connectivity index (χ3n) is 2.77. The molecule has 0 saturated carbocycles. The molecule has 3 N–H and O–H groups in total. The lowest BCUT2D eigenvalue weighted by atomic mass is 10.2. The van der Waals surface area contributed by atoms with Crippen molar-refractivity contribution >= 4 is 5.91 Å². The molecule has 0 spiro atoms. The molecule has 6 nitrogen and oxygen atoms in total. The van der Waals surface area contributed by atoms with Gasteiger partial charge in [0.05, 0.1) is 13.7 Å². The number of carbonyl (C=O) groups excluding carboxylic acids is 1. The standard InChI is InChI=1S/C14H22N2O4/c1-10(14(17)16-6-7-18-2)20-13-8-12(19-3)5-4-11(13)9-15/h4-5,8,10H,6-7,9,15H2,1-3H3,(H,16,17). The first-order valence-corrected chi connectivity index (χ1v) is 6.42. The highest BCUT2D eigenvalue weighted by atomic mass is 16.5. The molecule has 1 amide bonds. The lowest BCUT2D eigenvalue weighted by molar-refractivity contribution is -0.127. The number of nitrogens with two attached hydrogens (primary N) is 1. The summed E-state index contributed by atoms with van der Waals surface area (Å²) in [6.07, 6.45) is -0.621. The van der Waals surface area contributed by atoms with E-state index in [4.69, 9.17) is 19.9 Å². The van der Waals surface area contributed by atoms with Gasteiger partial charge in [-0.05, 0) is 13.0 Å². The smallest absolute Gasteiger partial charge is 0.260 e. The van der Waals surface area contributed by atoms with Crippen LogP contribution in [0, 0.1) is 0 Å². The zero-order valence-corrected chi connectivity index (χ0v) is 12.1. The van der Waals surface area contributed by atoms with E-state index in [0.29, 0.717) is 31.2 Å². The summed E-state index contributed by atoms with van der Waals surface area (Å²) in [6.45, 7) is 2.93. The van der Waals surface area contributed by atoms with Gasteiger partial charge in [0.15, 0.2) is 6.10 Å². The Labute approximate surface area is 119 Å². The lowest BCUT2D eigenvalue weighted by Crippen LogP contribution is -2.38. The first kappa shape index (κ1) is 16.3. The Balaban J connectivity index is 2.68. The van der Waals surface area contributed by atoms with E-state index in [2.05, 4.69) is 5.32 Å². The number of nitrogens with one attached hydrogen (secondary N) is 1. The van der Waals surface area contributed by atoms with Gasteiger partial charge in [-0.25, -0.2) is 0 Å². The first-order chi connectivity index (χ1) is 9.62. The van der Waals surface area contributed by atoms with Crippen LogP contribution in [0.2, 0.25) is 0 Å². The third kappa shape index (κ3) is 4.71. The van der Waals surface area contributed by atoms with Gasteiger partial charge >= 0.3 is 0 Å². The summed E-state index contributed by atoms with van der Waals surface area (Å²) in [4.78, 5) is 11.8. The second-order valence-electron chi connectivity index (χ2n) is 4.22. The van der Waals surface area contributed by atoms with E-state index in [0.717, 1.165) is 5.56 Å². The van der Waals surface area contributed by atoms with Crippen LogP contribution in [0.1, 0.15) is 12.5 Å². The average Bonchev–Trinajstić information content (AvgIpc) is 2.47. The van der Waals surface area contributed by atoms with Crippen LogP contribution in [0.5, 0.6) is 11.5 Å². The maximum Gasteiger partial charge on any atom is 0.260 e. The molecule has 0 aliphatic carbocycles. The summed E-state index contributed by atoms with van der Waals surface area (Å²) in [5, 5.41) is 2.72. The molecule has 6 heteroatoms. The van der Waals surface area contributed by atoms with Crippen molar-refractivity contribution in [1.29, 1.82) is 0 Å². The molecule has 0 saturated heterocycles. The molecule has 0 aliphatic heterocycles. The van der Waals surface area contributed by atoms with E-state index in [1.165, 1.54) is 0 Å². The van der Waals surface area contributed by atoms with Crippen molar-refractivity contribution in [2.75, 3.05) is 27.4 Å². The number of hydrogen-bond donors (Lipinski definition) is 2. The SMILES string of the molecule is COCCNC(=O)C(C)Oc1cc(OC)ccc1CN. The minimum atomic E-state index is -0.621. The van der Waals surface area contributed by atoms with Crippen LogP contribution in [0.4, 0.5) is 0 Å². The average molecular weight is 282 g/mol. The van der Waals surface area contributed by atoms with Gasteiger partial charge in [0.1, 0.15) is 11.5 Å². The van der Waals surface area contributed by atoms with Crippen LogP contribution in [-0.4, -0.2) is 39.4 Å². The largest absolute Gasteiger partial charge is 0.497 e. The fourth-order valence-corrected chi connectivity index (χ4v) is 1.60. The number of carbonyl (C=O) groups is 1. The zero-order chi connectivity index (χ0) is 15.0. The molecular weight excluding hydrogens is 260 g/mol. The second kappa shape index (κ2) is 8.39. The number of hydrogen-bond acceptors (Lipinski definition) is 5. The maximum absolute atomic E-state index is 11.8. The van der Waals surface area contributed by atoms with Crippen molar-refractivity contribution in [1.82, 2.24) is 5.32 Å². The molecule has 112 valence electrons. The number of ether oxygens (including phenoxy) is 3. The summed E-state index contributed by atoms with van der Waals surface area (Å²) in [6, 6.07) is 5.35. The summed E-state index contributed by atoms with van der Waals surface area (Å²) in [5.74, 6) is 1.01. The minimum absolute atomic E-state index is 0.201. The number of benzene rings is 1. The van der Waals surface area contributed by atoms with Gasteiger partial charge in [-0.3, -0.25) is 4.79 Å². The highest BCUT2D eigenvalue weighted by molar-refractivity contribution is 5.80. The molecule has 1 aromatic rings. The van der Waals surface area contributed by atoms with Crippen molar-refractivity contribution in [3.8, 4) is 11.5 Å². The molecule has 1 aromatic carbocycles. The van der Waals surface area contributed by atoms with Gasteiger partial charge in [-0.15, -0.1) is 0 Å². The van der Waals surface area contributed by atoms with Crippen LogP contribution in [0.15, 0.2) is 18.2 Å². The molecular formula is C14H22N2O4. The molecule has 0 aliphatic rings. The second-order valence-corrected chi connectivity index (χ2v) is 4.22. The molecule has 1 unspecified atom stereocenters. The predicted molar refractivity (Wildman–Crippen MR) is 75.9 cm³/mol. The normalized spacial score (nSPS) is 11.8. The third-order valence-corrected chi connectivity index (χ3v) is 2.77. The highest BCUT2D eigenvalue weighted by Gasteiger charge is 2.16. The lowest BCUT2D eigenvalue weighted by Gasteiger charge is -2.17. The molecule has 0 heterocycles. The van der Waals surface area contributed by atoms with E-state index in [1.807, 2.05) is 6.07 Å². The van der Waals surface area contributed by atoms with Gasteiger partial charge < -0.3 is 25.3 Å². The van der Waals surface area contributed by atoms with E-state index >= 15 is 0 Å². The predicted octanol–water partition coefficient (Wildman–Crippen LogP) is 0.684. The molecule has 0 aromatic heterocycles. The number of amides is 1. The Hall–Kier alpha value is -1.79. The van der Waals surface area contributed by atoms with Crippen molar-refractivity contribution in [3.05, 3.63) is 23.8 Å². The maximum atomic E-state index is 11.8. The van der Waals surface area contributed by atoms with Gasteiger partial charge in [0, 0.05) is 31.8 Å². The summed E-state index contributed by atoms with van der Waals surface area (Å²) in [5.41, 5.74) is 6.48. The van der Waals surface area contributed by atoms with Crippen LogP contribution < -0.4 is 20.5 Å². The molecule has 0 fully saturated rings. The molecule has 1 atom stereocenters. The molecule has 0 bridgehead atoms. The van der Waals surface area contributed by atoms with E-state index < -0.39 is 6.10 Å². The Bertz CT molecular complexity index is 437. The van der Waals surface area contributed by atoms with Crippen LogP contribution in [0.25, 0.3) is 0 Å². The van der Waals surface area contributed by atoms with Gasteiger partial charge in [-0.1, -0.05) is 6.07 Å². The molecule has 0 radical (unpaired) electrons. The number of rotatable bonds is 8. The van der Waals surface area contributed by atoms with Gasteiger partial charge in [0.25, 0.3) is 5.91 Å². The topological polar surface area (TPSA) is 82.8 Å². The zero-order valence-electron chi connectivity index (χ0n) is 12.1.